The Balaban J connectivity index is 1.42. The molecule has 0 unspecified atom stereocenters. The number of rotatable bonds is 8. The highest BCUT2D eigenvalue weighted by atomic mass is 16.5. The molecule has 1 saturated heterocycles. The summed E-state index contributed by atoms with van der Waals surface area (Å²) in [5.74, 6) is 2.66. The molecule has 0 N–H and O–H groups in total. The van der Waals surface area contributed by atoms with E-state index < -0.39 is 0 Å². The zero-order chi connectivity index (χ0) is 21.6. The minimum absolute atomic E-state index is 0.200. The first-order chi connectivity index (χ1) is 15.2. The predicted molar refractivity (Wildman–Crippen MR) is 120 cm³/mol. The van der Waals surface area contributed by atoms with Gasteiger partial charge in [0.1, 0.15) is 11.5 Å². The summed E-state index contributed by atoms with van der Waals surface area (Å²) in [7, 11) is 3.37. The molecule has 3 aromatic rings. The van der Waals surface area contributed by atoms with Gasteiger partial charge in [-0.1, -0.05) is 19.1 Å². The lowest BCUT2D eigenvalue weighted by Gasteiger charge is -2.39. The number of nitrogens with zero attached hydrogens (tertiary/aromatic N) is 6. The van der Waals surface area contributed by atoms with Gasteiger partial charge in [0.05, 0.1) is 26.8 Å². The lowest BCUT2D eigenvalue weighted by atomic mass is 10.1. The van der Waals surface area contributed by atoms with Gasteiger partial charge in [0.2, 0.25) is 0 Å². The van der Waals surface area contributed by atoms with Gasteiger partial charge >= 0.3 is 0 Å². The summed E-state index contributed by atoms with van der Waals surface area (Å²) in [6.07, 6.45) is 0.964. The van der Waals surface area contributed by atoms with E-state index in [0.717, 1.165) is 55.5 Å². The van der Waals surface area contributed by atoms with Crippen LogP contribution in [0.2, 0.25) is 0 Å². The molecule has 0 bridgehead atoms. The van der Waals surface area contributed by atoms with Crippen LogP contribution >= 0.6 is 0 Å². The summed E-state index contributed by atoms with van der Waals surface area (Å²) >= 11 is 0. The van der Waals surface area contributed by atoms with Crippen molar-refractivity contribution in [3.8, 4) is 11.5 Å². The molecule has 1 aliphatic rings. The van der Waals surface area contributed by atoms with Crippen LogP contribution in [0.5, 0.6) is 11.5 Å². The first-order valence-electron chi connectivity index (χ1n) is 10.7. The SMILES string of the molecule is CC[C@H](c1nnnn1Cc1ccc(OC)cc1)N1CCN(c2ccc(OC)cc2)CC1. The molecule has 1 fully saturated rings. The van der Waals surface area contributed by atoms with Crippen molar-refractivity contribution in [2.75, 3.05) is 45.3 Å². The van der Waals surface area contributed by atoms with Gasteiger partial charge in [-0.2, -0.15) is 0 Å². The number of ether oxygens (including phenoxy) is 2. The van der Waals surface area contributed by atoms with E-state index >= 15 is 0 Å². The molecule has 1 atom stereocenters. The Hall–Kier alpha value is -3.13. The molecule has 0 saturated carbocycles. The first-order valence-corrected chi connectivity index (χ1v) is 10.7. The van der Waals surface area contributed by atoms with Gasteiger partial charge < -0.3 is 14.4 Å². The van der Waals surface area contributed by atoms with Crippen molar-refractivity contribution < 1.29 is 9.47 Å². The summed E-state index contributed by atoms with van der Waals surface area (Å²) in [6, 6.07) is 16.5. The summed E-state index contributed by atoms with van der Waals surface area (Å²) in [4.78, 5) is 4.92. The van der Waals surface area contributed by atoms with Crippen molar-refractivity contribution in [1.82, 2.24) is 25.1 Å². The van der Waals surface area contributed by atoms with Crippen molar-refractivity contribution in [3.05, 3.63) is 59.9 Å². The fourth-order valence-corrected chi connectivity index (χ4v) is 4.16. The molecular formula is C23H30N6O2. The molecule has 2 aromatic carbocycles. The van der Waals surface area contributed by atoms with Crippen LogP contribution in [0.1, 0.15) is 30.8 Å². The van der Waals surface area contributed by atoms with E-state index in [1.165, 1.54) is 5.69 Å². The van der Waals surface area contributed by atoms with Crippen molar-refractivity contribution in [2.45, 2.75) is 25.9 Å². The van der Waals surface area contributed by atoms with Gasteiger partial charge in [0, 0.05) is 31.9 Å². The maximum atomic E-state index is 5.27. The Morgan fingerprint density at radius 3 is 2.06 bits per heavy atom. The van der Waals surface area contributed by atoms with Crippen LogP contribution in [0.25, 0.3) is 0 Å². The molecule has 8 heteroatoms. The van der Waals surface area contributed by atoms with Crippen LogP contribution in [0.4, 0.5) is 5.69 Å². The van der Waals surface area contributed by atoms with E-state index in [0.29, 0.717) is 6.54 Å². The van der Waals surface area contributed by atoms with Crippen LogP contribution in [0.3, 0.4) is 0 Å². The van der Waals surface area contributed by atoms with E-state index in [1.54, 1.807) is 14.2 Å². The van der Waals surface area contributed by atoms with Gasteiger partial charge in [-0.3, -0.25) is 4.90 Å². The van der Waals surface area contributed by atoms with E-state index in [9.17, 15) is 0 Å². The largest absolute Gasteiger partial charge is 0.497 e. The molecular weight excluding hydrogens is 392 g/mol. The maximum absolute atomic E-state index is 5.27. The summed E-state index contributed by atoms with van der Waals surface area (Å²) in [6.45, 7) is 6.74. The van der Waals surface area contributed by atoms with Crippen molar-refractivity contribution in [2.24, 2.45) is 0 Å². The van der Waals surface area contributed by atoms with Gasteiger partial charge in [0.25, 0.3) is 0 Å². The Morgan fingerprint density at radius 2 is 1.48 bits per heavy atom. The number of hydrogen-bond donors (Lipinski definition) is 0. The van der Waals surface area contributed by atoms with Gasteiger partial charge in [-0.15, -0.1) is 5.10 Å². The number of anilines is 1. The third kappa shape index (κ3) is 4.80. The summed E-state index contributed by atoms with van der Waals surface area (Å²) < 4.78 is 12.4. The van der Waals surface area contributed by atoms with Crippen LogP contribution in [0.15, 0.2) is 48.5 Å². The smallest absolute Gasteiger partial charge is 0.168 e. The molecule has 0 aliphatic carbocycles. The third-order valence-electron chi connectivity index (χ3n) is 5.93. The standard InChI is InChI=1S/C23H30N6O2/c1-4-22(23-24-25-26-29(23)17-18-5-9-20(30-2)10-6-18)28-15-13-27(14-16-28)19-7-11-21(31-3)12-8-19/h5-12,22H,4,13-17H2,1-3H3/t22-/m1/s1. The number of benzene rings is 2. The number of methoxy groups -OCH3 is 2. The second-order valence-corrected chi connectivity index (χ2v) is 7.69. The van der Waals surface area contributed by atoms with Crippen LogP contribution in [-0.2, 0) is 6.54 Å². The summed E-state index contributed by atoms with van der Waals surface area (Å²) in [5.41, 5.74) is 2.38. The van der Waals surface area contributed by atoms with Crippen molar-refractivity contribution >= 4 is 5.69 Å². The van der Waals surface area contributed by atoms with E-state index in [1.807, 2.05) is 28.9 Å². The lowest BCUT2D eigenvalue weighted by Crippen LogP contribution is -2.48. The lowest BCUT2D eigenvalue weighted by molar-refractivity contribution is 0.169. The fourth-order valence-electron chi connectivity index (χ4n) is 4.16. The van der Waals surface area contributed by atoms with Crippen LogP contribution in [-0.4, -0.2) is 65.5 Å². The van der Waals surface area contributed by atoms with Gasteiger partial charge in [-0.05, 0) is 58.8 Å². The Morgan fingerprint density at radius 1 is 0.871 bits per heavy atom. The second kappa shape index (κ2) is 9.78. The minimum Gasteiger partial charge on any atom is -0.497 e. The molecule has 0 radical (unpaired) electrons. The Kier molecular flexibility index (Phi) is 6.66. The zero-order valence-electron chi connectivity index (χ0n) is 18.4. The van der Waals surface area contributed by atoms with Crippen molar-refractivity contribution in [1.29, 1.82) is 0 Å². The van der Waals surface area contributed by atoms with Gasteiger partial charge in [-0.25, -0.2) is 4.68 Å². The average Bonchev–Trinajstić information content (AvgIpc) is 3.28. The fraction of sp³-hybridized carbons (Fsp3) is 0.435. The van der Waals surface area contributed by atoms with E-state index in [4.69, 9.17) is 9.47 Å². The highest BCUT2D eigenvalue weighted by Crippen LogP contribution is 2.26. The van der Waals surface area contributed by atoms with Gasteiger partial charge in [0.15, 0.2) is 5.82 Å². The zero-order valence-corrected chi connectivity index (χ0v) is 18.4. The number of tetrazole rings is 1. The van der Waals surface area contributed by atoms with Crippen molar-refractivity contribution in [3.63, 3.8) is 0 Å². The highest BCUT2D eigenvalue weighted by molar-refractivity contribution is 5.49. The molecule has 0 spiro atoms. The molecule has 31 heavy (non-hydrogen) atoms. The van der Waals surface area contributed by atoms with E-state index in [-0.39, 0.29) is 6.04 Å². The molecule has 8 nitrogen and oxygen atoms in total. The second-order valence-electron chi connectivity index (χ2n) is 7.69. The molecule has 164 valence electrons. The maximum Gasteiger partial charge on any atom is 0.168 e. The topological polar surface area (TPSA) is 68.5 Å². The summed E-state index contributed by atoms with van der Waals surface area (Å²) in [5, 5.41) is 12.7. The Labute approximate surface area is 183 Å². The monoisotopic (exact) mass is 422 g/mol. The average molecular weight is 423 g/mol. The van der Waals surface area contributed by atoms with E-state index in [2.05, 4.69) is 56.5 Å². The molecule has 0 amide bonds. The number of piperazine rings is 1. The normalized spacial score (nSPS) is 15.6. The quantitative estimate of drug-likeness (QED) is 0.553. The van der Waals surface area contributed by atoms with Crippen LogP contribution < -0.4 is 14.4 Å². The number of aromatic nitrogens is 4. The minimum atomic E-state index is 0.200. The van der Waals surface area contributed by atoms with Crippen LogP contribution in [0, 0.1) is 0 Å². The molecule has 1 aliphatic heterocycles. The highest BCUT2D eigenvalue weighted by Gasteiger charge is 2.28. The molecule has 4 rings (SSSR count). The third-order valence-corrected chi connectivity index (χ3v) is 5.93. The Bertz CT molecular complexity index is 949. The molecule has 1 aromatic heterocycles. The number of hydrogen-bond acceptors (Lipinski definition) is 7. The predicted octanol–water partition coefficient (Wildman–Crippen LogP) is 3.01. The molecule has 2 heterocycles. The first kappa shape index (κ1) is 21.1.